The van der Waals surface area contributed by atoms with Gasteiger partial charge in [0.2, 0.25) is 5.82 Å². The van der Waals surface area contributed by atoms with Crippen molar-refractivity contribution in [1.29, 1.82) is 0 Å². The quantitative estimate of drug-likeness (QED) is 0.681. The van der Waals surface area contributed by atoms with Crippen molar-refractivity contribution < 1.29 is 23.0 Å². The molecule has 0 unspecified atom stereocenters. The Bertz CT molecular complexity index is 662. The van der Waals surface area contributed by atoms with Gasteiger partial charge in [-0.3, -0.25) is 0 Å². The molecule has 0 aromatic heterocycles. The van der Waals surface area contributed by atoms with E-state index in [0.29, 0.717) is 5.56 Å². The average molecular weight is 307 g/mol. The number of benzene rings is 2. The van der Waals surface area contributed by atoms with Crippen LogP contribution in [0, 0.1) is 11.6 Å². The van der Waals surface area contributed by atoms with Crippen LogP contribution < -0.4 is 10.5 Å². The maximum Gasteiger partial charge on any atom is 0.338 e. The molecule has 2 aromatic carbocycles. The molecular weight excluding hydrogens is 292 g/mol. The van der Waals surface area contributed by atoms with Crippen molar-refractivity contribution in [1.82, 2.24) is 0 Å². The molecule has 4 nitrogen and oxygen atoms in total. The van der Waals surface area contributed by atoms with Crippen LogP contribution in [-0.4, -0.2) is 18.7 Å². The molecule has 22 heavy (non-hydrogen) atoms. The number of rotatable bonds is 5. The minimum absolute atomic E-state index is 0.0273. The lowest BCUT2D eigenvalue weighted by Gasteiger charge is -2.16. The molecule has 0 spiro atoms. The van der Waals surface area contributed by atoms with Crippen molar-refractivity contribution in [3.63, 3.8) is 0 Å². The number of hydrogen-bond donors (Lipinski definition) is 1. The molecule has 0 fully saturated rings. The van der Waals surface area contributed by atoms with Crippen molar-refractivity contribution >= 4 is 11.7 Å². The molecule has 0 radical (unpaired) electrons. The first-order chi connectivity index (χ1) is 10.5. The highest BCUT2D eigenvalue weighted by atomic mass is 19.2. The highest BCUT2D eigenvalue weighted by Gasteiger charge is 2.16. The SMILES string of the molecule is C[C@H](COc1c(N)ccc(F)c1F)OC(=O)c1ccccc1. The van der Waals surface area contributed by atoms with E-state index in [1.165, 1.54) is 6.07 Å². The fourth-order valence-corrected chi connectivity index (χ4v) is 1.75. The standard InChI is InChI=1S/C16H15F2NO3/c1-10(22-16(20)11-5-3-2-4-6-11)9-21-15-13(19)8-7-12(17)14(15)18/h2-8,10H,9,19H2,1H3/t10-/m1/s1. The zero-order valence-corrected chi connectivity index (χ0v) is 11.9. The minimum atomic E-state index is -1.17. The first-order valence-electron chi connectivity index (χ1n) is 6.61. The molecule has 1 atom stereocenters. The monoisotopic (exact) mass is 307 g/mol. The van der Waals surface area contributed by atoms with Gasteiger partial charge in [-0.15, -0.1) is 0 Å². The van der Waals surface area contributed by atoms with Crippen LogP contribution in [0.5, 0.6) is 5.75 Å². The molecular formula is C16H15F2NO3. The van der Waals surface area contributed by atoms with Gasteiger partial charge in [-0.05, 0) is 31.2 Å². The van der Waals surface area contributed by atoms with Gasteiger partial charge in [-0.25, -0.2) is 9.18 Å². The highest BCUT2D eigenvalue weighted by molar-refractivity contribution is 5.89. The summed E-state index contributed by atoms with van der Waals surface area (Å²) in [6.45, 7) is 1.43. The Hall–Kier alpha value is -2.63. The summed E-state index contributed by atoms with van der Waals surface area (Å²) in [5.41, 5.74) is 5.90. The van der Waals surface area contributed by atoms with E-state index in [1.807, 2.05) is 0 Å². The van der Waals surface area contributed by atoms with E-state index in [-0.39, 0.29) is 18.0 Å². The Labute approximate surface area is 126 Å². The predicted molar refractivity (Wildman–Crippen MR) is 77.6 cm³/mol. The van der Waals surface area contributed by atoms with Crippen molar-refractivity contribution in [2.75, 3.05) is 12.3 Å². The number of hydrogen-bond acceptors (Lipinski definition) is 4. The van der Waals surface area contributed by atoms with Crippen LogP contribution in [0.2, 0.25) is 0 Å². The van der Waals surface area contributed by atoms with Crippen molar-refractivity contribution in [2.24, 2.45) is 0 Å². The minimum Gasteiger partial charge on any atom is -0.484 e. The number of carbonyl (C=O) groups excluding carboxylic acids is 1. The van der Waals surface area contributed by atoms with Crippen molar-refractivity contribution in [3.8, 4) is 5.75 Å². The van der Waals surface area contributed by atoms with Crippen LogP contribution in [0.1, 0.15) is 17.3 Å². The van der Waals surface area contributed by atoms with Gasteiger partial charge in [0.15, 0.2) is 11.6 Å². The molecule has 2 aromatic rings. The molecule has 6 heteroatoms. The maximum atomic E-state index is 13.6. The van der Waals surface area contributed by atoms with Gasteiger partial charge >= 0.3 is 5.97 Å². The van der Waals surface area contributed by atoms with E-state index in [0.717, 1.165) is 6.07 Å². The van der Waals surface area contributed by atoms with Crippen LogP contribution in [-0.2, 0) is 4.74 Å². The van der Waals surface area contributed by atoms with E-state index in [4.69, 9.17) is 15.2 Å². The van der Waals surface area contributed by atoms with Gasteiger partial charge in [0.25, 0.3) is 0 Å². The second kappa shape index (κ2) is 6.89. The third-order valence-corrected chi connectivity index (χ3v) is 2.86. The molecule has 0 heterocycles. The predicted octanol–water partition coefficient (Wildman–Crippen LogP) is 3.17. The smallest absolute Gasteiger partial charge is 0.338 e. The molecule has 0 aliphatic heterocycles. The van der Waals surface area contributed by atoms with E-state index in [2.05, 4.69) is 0 Å². The highest BCUT2D eigenvalue weighted by Crippen LogP contribution is 2.27. The lowest BCUT2D eigenvalue weighted by Crippen LogP contribution is -2.22. The Morgan fingerprint density at radius 2 is 1.86 bits per heavy atom. The van der Waals surface area contributed by atoms with Crippen LogP contribution in [0.15, 0.2) is 42.5 Å². The van der Waals surface area contributed by atoms with Gasteiger partial charge in [-0.1, -0.05) is 18.2 Å². The number of nitrogen functional groups attached to an aromatic ring is 1. The third-order valence-electron chi connectivity index (χ3n) is 2.86. The van der Waals surface area contributed by atoms with Gasteiger partial charge < -0.3 is 15.2 Å². The summed E-state index contributed by atoms with van der Waals surface area (Å²) in [6.07, 6.45) is -0.658. The average Bonchev–Trinajstić information content (AvgIpc) is 2.52. The second-order valence-electron chi connectivity index (χ2n) is 4.67. The molecule has 0 saturated carbocycles. The topological polar surface area (TPSA) is 61.6 Å². The van der Waals surface area contributed by atoms with Crippen LogP contribution in [0.3, 0.4) is 0 Å². The Morgan fingerprint density at radius 3 is 2.55 bits per heavy atom. The first kappa shape index (κ1) is 15.8. The number of carbonyl (C=O) groups is 1. The molecule has 0 amide bonds. The second-order valence-corrected chi connectivity index (χ2v) is 4.67. The fraction of sp³-hybridized carbons (Fsp3) is 0.188. The van der Waals surface area contributed by atoms with Gasteiger partial charge in [0.1, 0.15) is 12.7 Å². The number of halogens is 2. The summed E-state index contributed by atoms with van der Waals surface area (Å²) in [5, 5.41) is 0. The molecule has 116 valence electrons. The molecule has 2 rings (SSSR count). The zero-order chi connectivity index (χ0) is 16.1. The lowest BCUT2D eigenvalue weighted by atomic mass is 10.2. The fourth-order valence-electron chi connectivity index (χ4n) is 1.75. The van der Waals surface area contributed by atoms with E-state index < -0.39 is 23.7 Å². The van der Waals surface area contributed by atoms with Crippen molar-refractivity contribution in [2.45, 2.75) is 13.0 Å². The lowest BCUT2D eigenvalue weighted by molar-refractivity contribution is 0.0225. The van der Waals surface area contributed by atoms with Gasteiger partial charge in [0.05, 0.1) is 11.3 Å². The molecule has 0 aliphatic rings. The van der Waals surface area contributed by atoms with E-state index >= 15 is 0 Å². The molecule has 0 aliphatic carbocycles. The summed E-state index contributed by atoms with van der Waals surface area (Å²) in [7, 11) is 0. The van der Waals surface area contributed by atoms with Gasteiger partial charge in [-0.2, -0.15) is 4.39 Å². The summed E-state index contributed by atoms with van der Waals surface area (Å²) in [4.78, 5) is 11.8. The zero-order valence-electron chi connectivity index (χ0n) is 11.9. The summed E-state index contributed by atoms with van der Waals surface area (Å²) in [5.74, 6) is -3.13. The number of nitrogens with two attached hydrogens (primary N) is 1. The summed E-state index contributed by atoms with van der Waals surface area (Å²) >= 11 is 0. The van der Waals surface area contributed by atoms with E-state index in [1.54, 1.807) is 37.3 Å². The van der Waals surface area contributed by atoms with Crippen molar-refractivity contribution in [3.05, 3.63) is 59.7 Å². The molecule has 0 saturated heterocycles. The number of anilines is 1. The Morgan fingerprint density at radius 1 is 1.18 bits per heavy atom. The van der Waals surface area contributed by atoms with Crippen LogP contribution >= 0.6 is 0 Å². The van der Waals surface area contributed by atoms with Crippen LogP contribution in [0.25, 0.3) is 0 Å². The molecule has 0 bridgehead atoms. The summed E-state index contributed by atoms with van der Waals surface area (Å²) in [6, 6.07) is 10.5. The normalized spacial score (nSPS) is 11.8. The Kier molecular flexibility index (Phi) is 4.93. The van der Waals surface area contributed by atoms with Gasteiger partial charge in [0, 0.05) is 0 Å². The molecule has 2 N–H and O–H groups in total. The first-order valence-corrected chi connectivity index (χ1v) is 6.61. The van der Waals surface area contributed by atoms with E-state index in [9.17, 15) is 13.6 Å². The third kappa shape index (κ3) is 3.72. The summed E-state index contributed by atoms with van der Waals surface area (Å²) < 4.78 is 36.9. The maximum absolute atomic E-state index is 13.6. The number of ether oxygens (including phenoxy) is 2. The largest absolute Gasteiger partial charge is 0.484 e. The van der Waals surface area contributed by atoms with Crippen LogP contribution in [0.4, 0.5) is 14.5 Å². The number of esters is 1. The Balaban J connectivity index is 1.95.